The molecule has 0 atom stereocenters. The molecule has 1 aromatic heterocycles. The summed E-state index contributed by atoms with van der Waals surface area (Å²) in [5.41, 5.74) is 1.46. The van der Waals surface area contributed by atoms with Crippen LogP contribution in [0.4, 0.5) is 0 Å². The lowest BCUT2D eigenvalue weighted by molar-refractivity contribution is -0.121. The van der Waals surface area contributed by atoms with Crippen LogP contribution in [-0.4, -0.2) is 39.2 Å². The van der Waals surface area contributed by atoms with E-state index in [0.29, 0.717) is 25.1 Å². The van der Waals surface area contributed by atoms with Crippen molar-refractivity contribution < 1.29 is 22.5 Å². The standard InChI is InChI=1S/C18H25N3O5S/c1-13-6-8-16(9-7-13)25-12-4-5-17(22)19-10-11-20-27(23,24)18-14(2)21-26-15(18)3/h6-9,20H,4-5,10-12H2,1-3H3,(H,19,22). The number of hydrogen-bond donors (Lipinski definition) is 2. The van der Waals surface area contributed by atoms with Crippen LogP contribution in [-0.2, 0) is 14.8 Å². The number of aromatic nitrogens is 1. The van der Waals surface area contributed by atoms with Crippen LogP contribution in [0.5, 0.6) is 5.75 Å². The first kappa shape index (κ1) is 20.9. The van der Waals surface area contributed by atoms with Gasteiger partial charge in [-0.3, -0.25) is 4.79 Å². The van der Waals surface area contributed by atoms with Gasteiger partial charge < -0.3 is 14.6 Å². The van der Waals surface area contributed by atoms with Crippen LogP contribution < -0.4 is 14.8 Å². The Kier molecular flexibility index (Phi) is 7.37. The van der Waals surface area contributed by atoms with E-state index in [0.717, 1.165) is 11.3 Å². The third kappa shape index (κ3) is 6.37. The molecule has 2 N–H and O–H groups in total. The molecule has 1 amide bonds. The van der Waals surface area contributed by atoms with Gasteiger partial charge >= 0.3 is 0 Å². The number of benzene rings is 1. The Morgan fingerprint density at radius 3 is 2.48 bits per heavy atom. The molecule has 0 aliphatic carbocycles. The zero-order chi connectivity index (χ0) is 19.9. The fourth-order valence-electron chi connectivity index (χ4n) is 2.46. The molecule has 0 aliphatic rings. The van der Waals surface area contributed by atoms with Crippen molar-refractivity contribution in [2.45, 2.75) is 38.5 Å². The van der Waals surface area contributed by atoms with Crippen LogP contribution in [0.1, 0.15) is 29.9 Å². The smallest absolute Gasteiger partial charge is 0.246 e. The maximum absolute atomic E-state index is 12.2. The van der Waals surface area contributed by atoms with Gasteiger partial charge in [0.1, 0.15) is 16.3 Å². The summed E-state index contributed by atoms with van der Waals surface area (Å²) < 4.78 is 37.3. The number of carbonyl (C=O) groups is 1. The Bertz CT molecular complexity index is 840. The first-order valence-corrected chi connectivity index (χ1v) is 10.2. The number of carbonyl (C=O) groups excluding carboxylic acids is 1. The minimum Gasteiger partial charge on any atom is -0.494 e. The van der Waals surface area contributed by atoms with Crippen LogP contribution in [0.2, 0.25) is 0 Å². The summed E-state index contributed by atoms with van der Waals surface area (Å²) in [6.45, 7) is 5.82. The monoisotopic (exact) mass is 395 g/mol. The van der Waals surface area contributed by atoms with Gasteiger partial charge in [0.15, 0.2) is 5.76 Å². The largest absolute Gasteiger partial charge is 0.494 e. The Hall–Kier alpha value is -2.39. The average molecular weight is 395 g/mol. The van der Waals surface area contributed by atoms with Gasteiger partial charge in [-0.25, -0.2) is 13.1 Å². The highest BCUT2D eigenvalue weighted by atomic mass is 32.2. The Labute approximate surface area is 159 Å². The van der Waals surface area contributed by atoms with E-state index in [1.54, 1.807) is 6.92 Å². The summed E-state index contributed by atoms with van der Waals surface area (Å²) in [6.07, 6.45) is 0.882. The fraction of sp³-hybridized carbons (Fsp3) is 0.444. The number of nitrogens with zero attached hydrogens (tertiary/aromatic N) is 1. The molecule has 8 nitrogen and oxygen atoms in total. The topological polar surface area (TPSA) is 111 Å². The molecule has 0 saturated heterocycles. The van der Waals surface area contributed by atoms with Crippen molar-refractivity contribution in [2.24, 2.45) is 0 Å². The molecule has 0 bridgehead atoms. The number of hydrogen-bond acceptors (Lipinski definition) is 6. The van der Waals surface area contributed by atoms with Gasteiger partial charge in [0, 0.05) is 19.5 Å². The molecule has 1 heterocycles. The van der Waals surface area contributed by atoms with E-state index in [1.807, 2.05) is 31.2 Å². The minimum atomic E-state index is -3.71. The van der Waals surface area contributed by atoms with Crippen LogP contribution in [0, 0.1) is 20.8 Å². The first-order valence-electron chi connectivity index (χ1n) is 8.68. The third-order valence-corrected chi connectivity index (χ3v) is 5.52. The van der Waals surface area contributed by atoms with Crippen LogP contribution in [0.15, 0.2) is 33.7 Å². The zero-order valence-electron chi connectivity index (χ0n) is 15.7. The molecule has 1 aromatic carbocycles. The van der Waals surface area contributed by atoms with Crippen molar-refractivity contribution in [2.75, 3.05) is 19.7 Å². The summed E-state index contributed by atoms with van der Waals surface area (Å²) in [5.74, 6) is 0.853. The molecule has 0 radical (unpaired) electrons. The second-order valence-corrected chi connectivity index (χ2v) is 7.87. The molecule has 2 rings (SSSR count). The zero-order valence-corrected chi connectivity index (χ0v) is 16.6. The summed E-state index contributed by atoms with van der Waals surface area (Å²) in [6, 6.07) is 7.71. The van der Waals surface area contributed by atoms with Gasteiger partial charge in [0.2, 0.25) is 15.9 Å². The normalized spacial score (nSPS) is 11.4. The van der Waals surface area contributed by atoms with Gasteiger partial charge in [0.25, 0.3) is 0 Å². The van der Waals surface area contributed by atoms with Crippen molar-refractivity contribution >= 4 is 15.9 Å². The molecule has 148 valence electrons. The lowest BCUT2D eigenvalue weighted by atomic mass is 10.2. The highest BCUT2D eigenvalue weighted by Gasteiger charge is 2.23. The summed E-state index contributed by atoms with van der Waals surface area (Å²) >= 11 is 0. The molecule has 0 saturated carbocycles. The molecular weight excluding hydrogens is 370 g/mol. The van der Waals surface area contributed by atoms with Gasteiger partial charge in [-0.05, 0) is 39.3 Å². The van der Waals surface area contributed by atoms with Crippen molar-refractivity contribution in [3.63, 3.8) is 0 Å². The van der Waals surface area contributed by atoms with Gasteiger partial charge in [0.05, 0.1) is 6.61 Å². The predicted octanol–water partition coefficient (Wildman–Crippen LogP) is 1.85. The second-order valence-electron chi connectivity index (χ2n) is 6.17. The molecule has 0 aliphatic heterocycles. The molecule has 0 spiro atoms. The van der Waals surface area contributed by atoms with Crippen molar-refractivity contribution in [3.8, 4) is 5.75 Å². The number of aryl methyl sites for hydroxylation is 3. The number of sulfonamides is 1. The second kappa shape index (κ2) is 9.52. The van der Waals surface area contributed by atoms with Crippen LogP contribution in [0.25, 0.3) is 0 Å². The average Bonchev–Trinajstić information content (AvgIpc) is 2.96. The lowest BCUT2D eigenvalue weighted by Gasteiger charge is -2.08. The number of nitrogens with one attached hydrogen (secondary N) is 2. The van der Waals surface area contributed by atoms with E-state index in [2.05, 4.69) is 15.2 Å². The van der Waals surface area contributed by atoms with Crippen LogP contribution >= 0.6 is 0 Å². The molecule has 27 heavy (non-hydrogen) atoms. The molecule has 2 aromatic rings. The van der Waals surface area contributed by atoms with Gasteiger partial charge in [-0.15, -0.1) is 0 Å². The Morgan fingerprint density at radius 2 is 1.85 bits per heavy atom. The van der Waals surface area contributed by atoms with E-state index in [9.17, 15) is 13.2 Å². The number of amides is 1. The highest BCUT2D eigenvalue weighted by Crippen LogP contribution is 2.18. The third-order valence-electron chi connectivity index (χ3n) is 3.81. The Morgan fingerprint density at radius 1 is 1.15 bits per heavy atom. The SMILES string of the molecule is Cc1ccc(OCCCC(=O)NCCNS(=O)(=O)c2c(C)noc2C)cc1. The van der Waals surface area contributed by atoms with E-state index in [4.69, 9.17) is 9.26 Å². The maximum atomic E-state index is 12.2. The fourth-order valence-corrected chi connectivity index (χ4v) is 3.82. The first-order chi connectivity index (χ1) is 12.8. The minimum absolute atomic E-state index is 0.0436. The maximum Gasteiger partial charge on any atom is 0.246 e. The van der Waals surface area contributed by atoms with E-state index in [-0.39, 0.29) is 29.7 Å². The van der Waals surface area contributed by atoms with E-state index in [1.165, 1.54) is 6.92 Å². The predicted molar refractivity (Wildman–Crippen MR) is 100 cm³/mol. The summed E-state index contributed by atoms with van der Waals surface area (Å²) in [4.78, 5) is 11.8. The molecule has 9 heteroatoms. The summed E-state index contributed by atoms with van der Waals surface area (Å²) in [5, 5.41) is 6.31. The van der Waals surface area contributed by atoms with Crippen molar-refractivity contribution in [3.05, 3.63) is 41.3 Å². The summed E-state index contributed by atoms with van der Waals surface area (Å²) in [7, 11) is -3.71. The molecule has 0 unspecified atom stereocenters. The van der Waals surface area contributed by atoms with Crippen molar-refractivity contribution in [1.29, 1.82) is 0 Å². The van der Waals surface area contributed by atoms with Gasteiger partial charge in [-0.2, -0.15) is 0 Å². The highest BCUT2D eigenvalue weighted by molar-refractivity contribution is 7.89. The van der Waals surface area contributed by atoms with Gasteiger partial charge in [-0.1, -0.05) is 22.9 Å². The number of ether oxygens (including phenoxy) is 1. The van der Waals surface area contributed by atoms with E-state index < -0.39 is 10.0 Å². The van der Waals surface area contributed by atoms with Crippen LogP contribution in [0.3, 0.4) is 0 Å². The molecule has 0 fully saturated rings. The Balaban J connectivity index is 1.62. The van der Waals surface area contributed by atoms with Crippen molar-refractivity contribution in [1.82, 2.24) is 15.2 Å². The lowest BCUT2D eigenvalue weighted by Crippen LogP contribution is -2.35. The number of rotatable bonds is 10. The van der Waals surface area contributed by atoms with E-state index >= 15 is 0 Å². The quantitative estimate of drug-likeness (QED) is 0.594. The molecular formula is C18H25N3O5S.